The molecular formula is C33H43N7O12S. The minimum Gasteiger partial charge on any atom is -0.480 e. The minimum absolute atomic E-state index is 0.0588. The molecule has 0 spiro atoms. The van der Waals surface area contributed by atoms with E-state index < -0.39 is 84.5 Å². The van der Waals surface area contributed by atoms with Gasteiger partial charge in [-0.25, -0.2) is 13.6 Å². The number of fused-ring (bicyclic) bond motifs is 1. The normalized spacial score (nSPS) is 12.2. The highest BCUT2D eigenvalue weighted by Gasteiger charge is 2.25. The first-order valence-electron chi connectivity index (χ1n) is 16.3. The Bertz CT molecular complexity index is 1850. The molecule has 3 rings (SSSR count). The van der Waals surface area contributed by atoms with Crippen molar-refractivity contribution in [2.75, 3.05) is 65.4 Å². The summed E-state index contributed by atoms with van der Waals surface area (Å²) < 4.78 is 23.1. The lowest BCUT2D eigenvalue weighted by atomic mass is 10.0. The number of rotatable bonds is 24. The molecule has 2 aromatic carbocycles. The third-order valence-electron chi connectivity index (χ3n) is 7.98. The number of para-hydroxylation sites is 1. The molecule has 0 aliphatic carbocycles. The van der Waals surface area contributed by atoms with Crippen LogP contribution in [0.3, 0.4) is 0 Å². The zero-order valence-electron chi connectivity index (χ0n) is 28.6. The van der Waals surface area contributed by atoms with Gasteiger partial charge in [0.1, 0.15) is 6.04 Å². The lowest BCUT2D eigenvalue weighted by Gasteiger charge is -2.28. The van der Waals surface area contributed by atoms with E-state index in [-0.39, 0.29) is 44.0 Å². The maximum absolute atomic E-state index is 13.5. The summed E-state index contributed by atoms with van der Waals surface area (Å²) in [4.78, 5) is 79.2. The molecular weight excluding hydrogens is 718 g/mol. The molecule has 0 unspecified atom stereocenters. The first-order valence-corrected chi connectivity index (χ1v) is 17.8. The number of carboxylic acid groups (broad SMARTS) is 4. The summed E-state index contributed by atoms with van der Waals surface area (Å²) in [7, 11) is -3.87. The highest BCUT2D eigenvalue weighted by Crippen LogP contribution is 2.19. The molecule has 288 valence electrons. The summed E-state index contributed by atoms with van der Waals surface area (Å²) in [6.45, 7) is -3.04. The van der Waals surface area contributed by atoms with Crippen LogP contribution in [0.5, 0.6) is 0 Å². The Morgan fingerprint density at radius 1 is 0.717 bits per heavy atom. The highest BCUT2D eigenvalue weighted by molar-refractivity contribution is 7.89. The number of hydrogen-bond donors (Lipinski definition) is 8. The van der Waals surface area contributed by atoms with E-state index in [1.54, 1.807) is 18.3 Å². The Morgan fingerprint density at radius 2 is 1.23 bits per heavy atom. The second-order valence-corrected chi connectivity index (χ2v) is 13.7. The summed E-state index contributed by atoms with van der Waals surface area (Å²) in [6, 6.07) is 12.1. The molecule has 0 aliphatic heterocycles. The third-order valence-corrected chi connectivity index (χ3v) is 8.91. The van der Waals surface area contributed by atoms with Crippen LogP contribution in [0.2, 0.25) is 0 Å². The molecule has 0 fully saturated rings. The number of carbonyl (C=O) groups excluding carboxylic acids is 2. The number of carboxylic acids is 4. The van der Waals surface area contributed by atoms with Crippen molar-refractivity contribution in [1.82, 2.24) is 30.3 Å². The van der Waals surface area contributed by atoms with E-state index in [1.807, 2.05) is 24.3 Å². The lowest BCUT2D eigenvalue weighted by Crippen LogP contribution is -2.52. The van der Waals surface area contributed by atoms with Crippen LogP contribution in [0.1, 0.15) is 11.1 Å². The molecule has 1 atom stereocenters. The van der Waals surface area contributed by atoms with E-state index in [4.69, 9.17) is 15.4 Å². The summed E-state index contributed by atoms with van der Waals surface area (Å²) in [5.74, 6) is -6.28. The fourth-order valence-electron chi connectivity index (χ4n) is 5.50. The summed E-state index contributed by atoms with van der Waals surface area (Å²) >= 11 is 0. The number of amides is 2. The molecule has 53 heavy (non-hydrogen) atoms. The molecule has 9 N–H and O–H groups in total. The molecule has 0 saturated heterocycles. The number of aliphatic carboxylic acids is 4. The number of primary sulfonamides is 1. The zero-order chi connectivity index (χ0) is 39.1. The molecule has 0 bridgehead atoms. The van der Waals surface area contributed by atoms with Gasteiger partial charge in [0, 0.05) is 56.2 Å². The number of nitrogens with zero attached hydrogens (tertiary/aromatic N) is 3. The number of carbonyl (C=O) groups is 6. The number of H-pyrrole nitrogens is 1. The fourth-order valence-corrected chi connectivity index (χ4v) is 6.02. The van der Waals surface area contributed by atoms with E-state index >= 15 is 0 Å². The molecule has 0 aliphatic rings. The van der Waals surface area contributed by atoms with Crippen molar-refractivity contribution in [3.05, 3.63) is 65.9 Å². The SMILES string of the molecule is NS(=O)(=O)c1ccc(CCNC(=O)[C@H](Cc2c[nH]c3ccccc23)NC(=O)CN(CCN(CCN(CC(=O)O)CC(=O)O)CC(=O)O)CC(=O)O)cc1. The number of benzene rings is 2. The number of hydrogen-bond acceptors (Lipinski definition) is 11. The van der Waals surface area contributed by atoms with Crippen molar-refractivity contribution in [3.63, 3.8) is 0 Å². The Balaban J connectivity index is 1.70. The van der Waals surface area contributed by atoms with Crippen LogP contribution in [0.4, 0.5) is 0 Å². The quantitative estimate of drug-likeness (QED) is 0.0513. The Kier molecular flexibility index (Phi) is 15.8. The number of aromatic amines is 1. The number of nitrogens with two attached hydrogens (primary N) is 1. The molecule has 19 nitrogen and oxygen atoms in total. The van der Waals surface area contributed by atoms with Crippen molar-refractivity contribution in [2.24, 2.45) is 5.14 Å². The van der Waals surface area contributed by atoms with Crippen molar-refractivity contribution in [3.8, 4) is 0 Å². The van der Waals surface area contributed by atoms with Crippen LogP contribution in [0.25, 0.3) is 10.9 Å². The molecule has 0 saturated carbocycles. The maximum Gasteiger partial charge on any atom is 0.317 e. The number of nitrogens with one attached hydrogen (secondary N) is 3. The Morgan fingerprint density at radius 3 is 1.77 bits per heavy atom. The van der Waals surface area contributed by atoms with Crippen LogP contribution in [0, 0.1) is 0 Å². The lowest BCUT2D eigenvalue weighted by molar-refractivity contribution is -0.143. The minimum atomic E-state index is -3.87. The summed E-state index contributed by atoms with van der Waals surface area (Å²) in [5.41, 5.74) is 2.25. The van der Waals surface area contributed by atoms with Gasteiger partial charge in [0.05, 0.1) is 37.6 Å². The summed E-state index contributed by atoms with van der Waals surface area (Å²) in [6.07, 6.45) is 2.11. The predicted molar refractivity (Wildman–Crippen MR) is 188 cm³/mol. The molecule has 0 radical (unpaired) electrons. The van der Waals surface area contributed by atoms with Gasteiger partial charge in [-0.1, -0.05) is 30.3 Å². The Labute approximate surface area is 304 Å². The molecule has 3 aromatic rings. The first kappa shape index (κ1) is 42.0. The van der Waals surface area contributed by atoms with Gasteiger partial charge in [-0.3, -0.25) is 43.5 Å². The second kappa shape index (κ2) is 20.0. The van der Waals surface area contributed by atoms with E-state index in [1.165, 1.54) is 21.9 Å². The van der Waals surface area contributed by atoms with Crippen LogP contribution in [-0.2, 0) is 51.6 Å². The molecule has 1 aromatic heterocycles. The second-order valence-electron chi connectivity index (χ2n) is 12.2. The van der Waals surface area contributed by atoms with E-state index in [0.717, 1.165) is 21.4 Å². The topological polar surface area (TPSA) is 293 Å². The summed E-state index contributed by atoms with van der Waals surface area (Å²) in [5, 5.41) is 48.6. The molecule has 20 heteroatoms. The van der Waals surface area contributed by atoms with Gasteiger partial charge in [0.25, 0.3) is 0 Å². The van der Waals surface area contributed by atoms with Crippen LogP contribution in [-0.4, -0.2) is 156 Å². The zero-order valence-corrected chi connectivity index (χ0v) is 29.5. The maximum atomic E-state index is 13.5. The van der Waals surface area contributed by atoms with Gasteiger partial charge in [-0.05, 0) is 35.7 Å². The van der Waals surface area contributed by atoms with Crippen LogP contribution < -0.4 is 15.8 Å². The predicted octanol–water partition coefficient (Wildman–Crippen LogP) is -1.55. The average Bonchev–Trinajstić information content (AvgIpc) is 3.47. The number of aromatic nitrogens is 1. The van der Waals surface area contributed by atoms with Crippen LogP contribution >= 0.6 is 0 Å². The molecule has 1 heterocycles. The van der Waals surface area contributed by atoms with Gasteiger partial charge in [-0.2, -0.15) is 0 Å². The van der Waals surface area contributed by atoms with Gasteiger partial charge in [-0.15, -0.1) is 0 Å². The van der Waals surface area contributed by atoms with Crippen LogP contribution in [0.15, 0.2) is 59.6 Å². The van der Waals surface area contributed by atoms with Gasteiger partial charge in [0.15, 0.2) is 0 Å². The third kappa shape index (κ3) is 15.0. The molecule has 2 amide bonds. The first-order chi connectivity index (χ1) is 25.0. The Hall–Kier alpha value is -5.41. The largest absolute Gasteiger partial charge is 0.480 e. The van der Waals surface area contributed by atoms with Crippen molar-refractivity contribution in [2.45, 2.75) is 23.8 Å². The van der Waals surface area contributed by atoms with Crippen molar-refractivity contribution in [1.29, 1.82) is 0 Å². The van der Waals surface area contributed by atoms with Gasteiger partial charge < -0.3 is 36.0 Å². The van der Waals surface area contributed by atoms with E-state index in [2.05, 4.69) is 15.6 Å². The smallest absolute Gasteiger partial charge is 0.317 e. The fraction of sp³-hybridized carbons (Fsp3) is 0.394. The van der Waals surface area contributed by atoms with Gasteiger partial charge in [0.2, 0.25) is 21.8 Å². The van der Waals surface area contributed by atoms with Gasteiger partial charge >= 0.3 is 23.9 Å². The monoisotopic (exact) mass is 761 g/mol. The van der Waals surface area contributed by atoms with Crippen molar-refractivity contribution < 1.29 is 57.6 Å². The number of sulfonamides is 1. The van der Waals surface area contributed by atoms with E-state index in [0.29, 0.717) is 12.0 Å². The van der Waals surface area contributed by atoms with Crippen molar-refractivity contribution >= 4 is 56.6 Å². The van der Waals surface area contributed by atoms with E-state index in [9.17, 15) is 47.4 Å². The highest BCUT2D eigenvalue weighted by atomic mass is 32.2. The standard InChI is InChI=1S/C33H43N7O12S/c34-53(51,52)24-7-5-22(6-8-24)9-10-35-33(50)27(15-23-16-36-26-4-2-1-3-25(23)26)37-28(41)17-39(19-30(44)45)13-11-38(18-29(42)43)12-14-40(20-31(46)47)21-32(48)49/h1-8,16,27,36H,9-15,17-21H2,(H,35,50)(H,37,41)(H,42,43)(H,44,45)(H,46,47)(H,48,49)(H2,34,51,52)/t27-/m0/s1. The average molecular weight is 762 g/mol.